The number of hydrogen-bond donors (Lipinski definition) is 0. The molecule has 0 bridgehead atoms. The fraction of sp³-hybridized carbons (Fsp3) is 0.846. The molecule has 0 saturated carbocycles. The van der Waals surface area contributed by atoms with Crippen molar-refractivity contribution in [1.29, 1.82) is 0 Å². The van der Waals surface area contributed by atoms with Gasteiger partial charge >= 0.3 is 5.97 Å². The predicted octanol–water partition coefficient (Wildman–Crippen LogP) is 1.75. The average molecular weight is 255 g/mol. The van der Waals surface area contributed by atoms with E-state index < -0.39 is 6.29 Å². The highest BCUT2D eigenvalue weighted by Crippen LogP contribution is 2.34. The minimum atomic E-state index is -0.409. The van der Waals surface area contributed by atoms with Crippen molar-refractivity contribution in [3.8, 4) is 0 Å². The van der Waals surface area contributed by atoms with Gasteiger partial charge in [0.05, 0.1) is 6.61 Å². The number of carbonyl (C=O) groups excluding carboxylic acids is 1. The molecule has 2 rings (SSSR count). The average Bonchev–Trinajstić information content (AvgIpc) is 2.62. The van der Waals surface area contributed by atoms with Crippen LogP contribution in [0.15, 0.2) is 4.99 Å². The Morgan fingerprint density at radius 2 is 2.28 bits per heavy atom. The molecule has 5 atom stereocenters. The van der Waals surface area contributed by atoms with E-state index in [1.807, 2.05) is 0 Å². The van der Waals surface area contributed by atoms with Crippen molar-refractivity contribution in [2.75, 3.05) is 6.61 Å². The summed E-state index contributed by atoms with van der Waals surface area (Å²) >= 11 is 0. The molecule has 2 heterocycles. The fourth-order valence-corrected chi connectivity index (χ4v) is 2.71. The lowest BCUT2D eigenvalue weighted by molar-refractivity contribution is -0.154. The number of ether oxygens (including phenoxy) is 3. The van der Waals surface area contributed by atoms with E-state index in [1.54, 1.807) is 6.92 Å². The largest absolute Gasteiger partial charge is 0.460 e. The second-order valence-electron chi connectivity index (χ2n) is 5.06. The topological polar surface area (TPSA) is 57.1 Å². The van der Waals surface area contributed by atoms with Gasteiger partial charge in [0, 0.05) is 19.8 Å². The predicted molar refractivity (Wildman–Crippen MR) is 66.2 cm³/mol. The number of rotatable bonds is 2. The molecule has 5 heteroatoms. The third kappa shape index (κ3) is 2.51. The summed E-state index contributed by atoms with van der Waals surface area (Å²) in [6.45, 7) is 8.06. The molecule has 18 heavy (non-hydrogen) atoms. The summed E-state index contributed by atoms with van der Waals surface area (Å²) in [6, 6.07) is -0.236. The summed E-state index contributed by atoms with van der Waals surface area (Å²) in [5.74, 6) is 0.901. The van der Waals surface area contributed by atoms with Crippen molar-refractivity contribution in [3.63, 3.8) is 0 Å². The van der Waals surface area contributed by atoms with Crippen LogP contribution < -0.4 is 0 Å². The zero-order chi connectivity index (χ0) is 13.3. The van der Waals surface area contributed by atoms with Crippen molar-refractivity contribution in [2.24, 2.45) is 16.8 Å². The fourth-order valence-electron chi connectivity index (χ4n) is 2.71. The smallest absolute Gasteiger partial charge is 0.302 e. The molecular weight excluding hydrogens is 234 g/mol. The number of hydrogen-bond acceptors (Lipinski definition) is 5. The van der Waals surface area contributed by atoms with E-state index in [1.165, 1.54) is 6.92 Å². The summed E-state index contributed by atoms with van der Waals surface area (Å²) < 4.78 is 16.8. The van der Waals surface area contributed by atoms with Crippen LogP contribution in [0.2, 0.25) is 0 Å². The van der Waals surface area contributed by atoms with E-state index in [0.717, 1.165) is 6.42 Å². The Morgan fingerprint density at radius 3 is 2.89 bits per heavy atom. The standard InChI is InChI=1S/C13H21NO4/c1-5-10-6-16-13-11(14-8(3)17-13)12(7(10)2)18-9(4)15/h7,10-13H,5-6H2,1-4H3/t7-,10?,11?,12?,13+/m0/s1. The first-order valence-corrected chi connectivity index (χ1v) is 6.52. The van der Waals surface area contributed by atoms with Crippen LogP contribution in [0.25, 0.3) is 0 Å². The second kappa shape index (κ2) is 5.26. The molecule has 0 amide bonds. The second-order valence-corrected chi connectivity index (χ2v) is 5.06. The van der Waals surface area contributed by atoms with Crippen LogP contribution >= 0.6 is 0 Å². The zero-order valence-corrected chi connectivity index (χ0v) is 11.4. The van der Waals surface area contributed by atoms with E-state index >= 15 is 0 Å². The van der Waals surface area contributed by atoms with E-state index in [9.17, 15) is 4.79 Å². The van der Waals surface area contributed by atoms with Gasteiger partial charge in [-0.3, -0.25) is 4.79 Å². The van der Waals surface area contributed by atoms with Crippen LogP contribution in [0, 0.1) is 11.8 Å². The van der Waals surface area contributed by atoms with Gasteiger partial charge in [0.25, 0.3) is 0 Å². The van der Waals surface area contributed by atoms with E-state index in [0.29, 0.717) is 18.4 Å². The molecule has 0 aromatic carbocycles. The first kappa shape index (κ1) is 13.3. The maximum absolute atomic E-state index is 11.3. The summed E-state index contributed by atoms with van der Waals surface area (Å²) in [5.41, 5.74) is 0. The van der Waals surface area contributed by atoms with E-state index in [-0.39, 0.29) is 24.0 Å². The lowest BCUT2D eigenvalue weighted by Gasteiger charge is -2.28. The third-order valence-corrected chi connectivity index (χ3v) is 3.80. The highest BCUT2D eigenvalue weighted by Gasteiger charge is 2.46. The minimum Gasteiger partial charge on any atom is -0.460 e. The monoisotopic (exact) mass is 255 g/mol. The highest BCUT2D eigenvalue weighted by atomic mass is 16.7. The SMILES string of the molecule is CCC1CO[C@@H]2OC(C)=NC2C(OC(C)=O)[C@H]1C. The van der Waals surface area contributed by atoms with Gasteiger partial charge in [0.1, 0.15) is 6.10 Å². The molecule has 102 valence electrons. The Hall–Kier alpha value is -1.10. The molecule has 0 spiro atoms. The van der Waals surface area contributed by atoms with Crippen LogP contribution in [0.1, 0.15) is 34.1 Å². The van der Waals surface area contributed by atoms with Gasteiger partial charge in [-0.1, -0.05) is 20.3 Å². The first-order valence-electron chi connectivity index (χ1n) is 6.52. The van der Waals surface area contributed by atoms with Crippen LogP contribution in [-0.4, -0.2) is 36.9 Å². The number of nitrogens with zero attached hydrogens (tertiary/aromatic N) is 1. The molecule has 0 radical (unpaired) electrons. The van der Waals surface area contributed by atoms with Gasteiger partial charge in [0.15, 0.2) is 11.9 Å². The van der Waals surface area contributed by atoms with Crippen LogP contribution in [0.3, 0.4) is 0 Å². The molecule has 0 N–H and O–H groups in total. The summed E-state index contributed by atoms with van der Waals surface area (Å²) in [6.07, 6.45) is 0.312. The number of esters is 1. The van der Waals surface area contributed by atoms with Gasteiger partial charge in [-0.15, -0.1) is 0 Å². The van der Waals surface area contributed by atoms with Crippen LogP contribution in [-0.2, 0) is 19.0 Å². The highest BCUT2D eigenvalue weighted by molar-refractivity contribution is 5.75. The molecule has 1 saturated heterocycles. The van der Waals surface area contributed by atoms with Crippen LogP contribution in [0.5, 0.6) is 0 Å². The summed E-state index contributed by atoms with van der Waals surface area (Å²) in [7, 11) is 0. The molecule has 3 unspecified atom stereocenters. The summed E-state index contributed by atoms with van der Waals surface area (Å²) in [5, 5.41) is 0. The van der Waals surface area contributed by atoms with Crippen LogP contribution in [0.4, 0.5) is 0 Å². The van der Waals surface area contributed by atoms with E-state index in [2.05, 4.69) is 18.8 Å². The van der Waals surface area contributed by atoms with Gasteiger partial charge in [-0.05, 0) is 5.92 Å². The maximum Gasteiger partial charge on any atom is 0.302 e. The molecule has 5 nitrogen and oxygen atoms in total. The third-order valence-electron chi connectivity index (χ3n) is 3.80. The number of fused-ring (bicyclic) bond motifs is 1. The molecule has 2 aliphatic rings. The Balaban J connectivity index is 2.23. The van der Waals surface area contributed by atoms with Gasteiger partial charge in [-0.25, -0.2) is 4.99 Å². The Labute approximate surface area is 108 Å². The molecule has 0 aromatic rings. The Kier molecular flexibility index (Phi) is 3.90. The molecule has 2 aliphatic heterocycles. The lowest BCUT2D eigenvalue weighted by Crippen LogP contribution is -2.40. The van der Waals surface area contributed by atoms with Crippen molar-refractivity contribution >= 4 is 11.9 Å². The number of aliphatic imine (C=N–C) groups is 1. The molecule has 0 aliphatic carbocycles. The lowest BCUT2D eigenvalue weighted by atomic mass is 9.85. The molecular formula is C13H21NO4. The Bertz CT molecular complexity index is 355. The zero-order valence-electron chi connectivity index (χ0n) is 11.4. The maximum atomic E-state index is 11.3. The Morgan fingerprint density at radius 1 is 1.56 bits per heavy atom. The minimum absolute atomic E-state index is 0.215. The normalized spacial score (nSPS) is 39.3. The van der Waals surface area contributed by atoms with E-state index in [4.69, 9.17) is 14.2 Å². The first-order chi connectivity index (χ1) is 8.52. The van der Waals surface area contributed by atoms with Gasteiger partial charge in [-0.2, -0.15) is 0 Å². The van der Waals surface area contributed by atoms with Crippen molar-refractivity contribution in [1.82, 2.24) is 0 Å². The van der Waals surface area contributed by atoms with Gasteiger partial charge in [0.2, 0.25) is 6.29 Å². The van der Waals surface area contributed by atoms with Crippen molar-refractivity contribution in [2.45, 2.75) is 52.6 Å². The molecule has 0 aromatic heterocycles. The number of carbonyl (C=O) groups is 1. The van der Waals surface area contributed by atoms with Crippen molar-refractivity contribution < 1.29 is 19.0 Å². The quantitative estimate of drug-likeness (QED) is 0.705. The van der Waals surface area contributed by atoms with Gasteiger partial charge < -0.3 is 14.2 Å². The van der Waals surface area contributed by atoms with Crippen molar-refractivity contribution in [3.05, 3.63) is 0 Å². The molecule has 1 fully saturated rings. The summed E-state index contributed by atoms with van der Waals surface area (Å²) in [4.78, 5) is 15.7.